The highest BCUT2D eigenvalue weighted by molar-refractivity contribution is 5.91. The Morgan fingerprint density at radius 1 is 0.896 bits per heavy atom. The molecule has 264 valence electrons. The number of halogens is 2. The van der Waals surface area contributed by atoms with Gasteiger partial charge in [0.25, 0.3) is 5.91 Å². The maximum Gasteiger partial charge on any atom is 0.276 e. The molecule has 4 N–H and O–H groups in total. The summed E-state index contributed by atoms with van der Waals surface area (Å²) in [5.74, 6) is -3.41. The number of hydrogen-bond acceptors (Lipinski definition) is 6. The van der Waals surface area contributed by atoms with Gasteiger partial charge in [0.2, 0.25) is 17.7 Å². The van der Waals surface area contributed by atoms with E-state index in [1.807, 2.05) is 30.3 Å². The molecular weight excluding hydrogens is 622 g/mol. The zero-order chi connectivity index (χ0) is 36.3. The van der Waals surface area contributed by atoms with Crippen LogP contribution in [0.3, 0.4) is 0 Å². The van der Waals surface area contributed by atoms with Gasteiger partial charge < -0.3 is 25.8 Å². The molecule has 12 heteroatoms. The van der Waals surface area contributed by atoms with Crippen LogP contribution in [0.4, 0.5) is 8.78 Å². The van der Waals surface area contributed by atoms with Gasteiger partial charge in [-0.3, -0.25) is 19.2 Å². The minimum atomic E-state index is -1.70. The summed E-state index contributed by atoms with van der Waals surface area (Å²) in [6.45, 7) is 13.7. The number of ether oxygens (including phenoxy) is 1. The molecule has 2 rings (SSSR count). The van der Waals surface area contributed by atoms with Gasteiger partial charge in [0.1, 0.15) is 11.6 Å². The van der Waals surface area contributed by atoms with Crippen LogP contribution in [0.1, 0.15) is 72.9 Å². The first-order valence-electron chi connectivity index (χ1n) is 15.9. The van der Waals surface area contributed by atoms with E-state index < -0.39 is 57.9 Å². The Hall–Kier alpha value is -4.03. The summed E-state index contributed by atoms with van der Waals surface area (Å²) < 4.78 is 33.9. The summed E-state index contributed by atoms with van der Waals surface area (Å²) in [4.78, 5) is 55.2. The molecule has 0 fully saturated rings. The lowest BCUT2D eigenvalue weighted by Crippen LogP contribution is -2.52. The molecule has 0 bridgehead atoms. The lowest BCUT2D eigenvalue weighted by atomic mass is 9.93. The summed E-state index contributed by atoms with van der Waals surface area (Å²) in [6.07, 6.45) is -0.740. The van der Waals surface area contributed by atoms with Crippen molar-refractivity contribution in [3.8, 4) is 0 Å². The number of aliphatic hydroxyl groups excluding tert-OH is 1. The third-order valence-corrected chi connectivity index (χ3v) is 7.25. The maximum atomic E-state index is 14.4. The molecular formula is C36H50F2N4O6. The van der Waals surface area contributed by atoms with Crippen LogP contribution >= 0.6 is 0 Å². The van der Waals surface area contributed by atoms with Gasteiger partial charge in [-0.25, -0.2) is 13.8 Å². The molecule has 4 amide bonds. The molecule has 0 radical (unpaired) electrons. The van der Waals surface area contributed by atoms with Crippen LogP contribution in [0.5, 0.6) is 0 Å². The van der Waals surface area contributed by atoms with E-state index >= 15 is 0 Å². The fraction of sp³-hybridized carbons (Fsp3) is 0.528. The number of carbonyl (C=O) groups excluding carboxylic acids is 4. The van der Waals surface area contributed by atoms with Crippen molar-refractivity contribution in [1.82, 2.24) is 16.0 Å². The number of amides is 4. The van der Waals surface area contributed by atoms with Crippen LogP contribution in [0.25, 0.3) is 0 Å². The molecule has 0 aliphatic heterocycles. The fourth-order valence-corrected chi connectivity index (χ4v) is 4.17. The standard InChI is InChI=1S/C36H50F2N4O6/c1-34(2,3)32(46)41-26(17-24-16-25(37)14-15-27(24)38)18-29(43)39-21-36(7,8)22-40-31(45)30(44)28(42-33(47)35(4,5)6)20-48-19-23-12-10-9-11-13-23/h9-16,22,26,28,30,44H,17-21H2,1-8H3,(H,39,43)(H,41,46)(H,42,47)/b40-22+/t26?,28-,30+/m1/s1. The van der Waals surface area contributed by atoms with Gasteiger partial charge in [0, 0.05) is 41.5 Å². The Labute approximate surface area is 282 Å². The average molecular weight is 673 g/mol. The smallest absolute Gasteiger partial charge is 0.276 e. The first-order valence-corrected chi connectivity index (χ1v) is 15.9. The number of nitrogens with one attached hydrogen (secondary N) is 3. The number of aliphatic hydroxyl groups is 1. The number of aliphatic imine (C=N–C) groups is 1. The minimum absolute atomic E-state index is 0.0222. The van der Waals surface area contributed by atoms with Gasteiger partial charge in [0.15, 0.2) is 6.10 Å². The van der Waals surface area contributed by atoms with Crippen LogP contribution in [-0.4, -0.2) is 66.3 Å². The van der Waals surface area contributed by atoms with E-state index in [-0.39, 0.29) is 50.0 Å². The van der Waals surface area contributed by atoms with E-state index in [4.69, 9.17) is 4.74 Å². The van der Waals surface area contributed by atoms with Crippen molar-refractivity contribution >= 4 is 29.8 Å². The number of nitrogens with zero attached hydrogens (tertiary/aromatic N) is 1. The summed E-state index contributed by atoms with van der Waals surface area (Å²) in [6, 6.07) is 10.4. The Morgan fingerprint density at radius 3 is 2.10 bits per heavy atom. The molecule has 0 aliphatic rings. The Morgan fingerprint density at radius 2 is 1.50 bits per heavy atom. The third-order valence-electron chi connectivity index (χ3n) is 7.25. The molecule has 0 aromatic heterocycles. The second kappa shape index (κ2) is 17.4. The average Bonchev–Trinajstić information content (AvgIpc) is 2.99. The molecule has 48 heavy (non-hydrogen) atoms. The van der Waals surface area contributed by atoms with Crippen LogP contribution in [0.15, 0.2) is 53.5 Å². The number of benzene rings is 2. The van der Waals surface area contributed by atoms with E-state index in [0.717, 1.165) is 23.8 Å². The van der Waals surface area contributed by atoms with Crippen molar-refractivity contribution in [2.45, 2.75) is 93.0 Å². The number of hydrogen-bond donors (Lipinski definition) is 4. The second-order valence-electron chi connectivity index (χ2n) is 14.7. The van der Waals surface area contributed by atoms with Crippen molar-refractivity contribution in [1.29, 1.82) is 0 Å². The highest BCUT2D eigenvalue weighted by Gasteiger charge is 2.32. The maximum absolute atomic E-state index is 14.4. The molecule has 2 aromatic rings. The lowest BCUT2D eigenvalue weighted by molar-refractivity contribution is -0.134. The van der Waals surface area contributed by atoms with E-state index in [2.05, 4.69) is 20.9 Å². The van der Waals surface area contributed by atoms with Gasteiger partial charge in [0.05, 0.1) is 19.3 Å². The van der Waals surface area contributed by atoms with Crippen molar-refractivity contribution in [3.05, 3.63) is 71.3 Å². The Bertz CT molecular complexity index is 1430. The normalized spacial score (nSPS) is 14.2. The largest absolute Gasteiger partial charge is 0.381 e. The predicted molar refractivity (Wildman–Crippen MR) is 180 cm³/mol. The van der Waals surface area contributed by atoms with Crippen molar-refractivity contribution in [2.24, 2.45) is 21.2 Å². The van der Waals surface area contributed by atoms with Crippen LogP contribution in [0.2, 0.25) is 0 Å². The number of rotatable bonds is 15. The van der Waals surface area contributed by atoms with E-state index in [9.17, 15) is 33.1 Å². The zero-order valence-corrected chi connectivity index (χ0v) is 29.2. The molecule has 3 atom stereocenters. The van der Waals surface area contributed by atoms with Crippen LogP contribution < -0.4 is 16.0 Å². The summed E-state index contributed by atoms with van der Waals surface area (Å²) in [5, 5.41) is 19.1. The zero-order valence-electron chi connectivity index (χ0n) is 29.2. The van der Waals surface area contributed by atoms with Gasteiger partial charge in [-0.1, -0.05) is 85.7 Å². The Balaban J connectivity index is 2.06. The third kappa shape index (κ3) is 14.0. The molecule has 1 unspecified atom stereocenters. The Kier molecular flexibility index (Phi) is 14.5. The molecule has 0 saturated carbocycles. The van der Waals surface area contributed by atoms with Gasteiger partial charge in [-0.15, -0.1) is 0 Å². The van der Waals surface area contributed by atoms with Crippen LogP contribution in [-0.2, 0) is 36.9 Å². The lowest BCUT2D eigenvalue weighted by Gasteiger charge is -2.27. The van der Waals surface area contributed by atoms with E-state index in [0.29, 0.717) is 0 Å². The van der Waals surface area contributed by atoms with E-state index in [1.165, 1.54) is 6.21 Å². The predicted octanol–water partition coefficient (Wildman–Crippen LogP) is 4.28. The molecule has 0 saturated heterocycles. The molecule has 0 aliphatic carbocycles. The van der Waals surface area contributed by atoms with Gasteiger partial charge in [-0.2, -0.15) is 0 Å². The summed E-state index contributed by atoms with van der Waals surface area (Å²) >= 11 is 0. The first kappa shape index (κ1) is 40.1. The van der Waals surface area contributed by atoms with Crippen molar-refractivity contribution in [2.75, 3.05) is 13.2 Å². The van der Waals surface area contributed by atoms with Crippen LogP contribution in [0, 0.1) is 27.9 Å². The monoisotopic (exact) mass is 672 g/mol. The van der Waals surface area contributed by atoms with E-state index in [1.54, 1.807) is 55.4 Å². The quantitative estimate of drug-likeness (QED) is 0.208. The molecule has 10 nitrogen and oxygen atoms in total. The fourth-order valence-electron chi connectivity index (χ4n) is 4.17. The summed E-state index contributed by atoms with van der Waals surface area (Å²) in [5.41, 5.74) is -1.53. The SMILES string of the molecule is CC(C)(/C=N/C(=O)[C@@H](O)[C@@H](COCc1ccccc1)NC(=O)C(C)(C)C)CNC(=O)CC(Cc1cc(F)ccc1F)NC(=O)C(C)(C)C. The molecule has 0 heterocycles. The van der Waals surface area contributed by atoms with Crippen molar-refractivity contribution in [3.63, 3.8) is 0 Å². The van der Waals surface area contributed by atoms with Gasteiger partial charge >= 0.3 is 0 Å². The molecule has 0 spiro atoms. The summed E-state index contributed by atoms with van der Waals surface area (Å²) in [7, 11) is 0. The highest BCUT2D eigenvalue weighted by Crippen LogP contribution is 2.18. The highest BCUT2D eigenvalue weighted by atomic mass is 19.1. The first-order chi connectivity index (χ1) is 22.2. The second-order valence-corrected chi connectivity index (χ2v) is 14.7. The molecule has 2 aromatic carbocycles. The topological polar surface area (TPSA) is 146 Å². The number of carbonyl (C=O) groups is 4. The minimum Gasteiger partial charge on any atom is -0.381 e. The van der Waals surface area contributed by atoms with Crippen molar-refractivity contribution < 1.29 is 37.8 Å². The van der Waals surface area contributed by atoms with Gasteiger partial charge in [-0.05, 0) is 35.7 Å².